The van der Waals surface area contributed by atoms with Gasteiger partial charge in [0.1, 0.15) is 0 Å². The van der Waals surface area contributed by atoms with Crippen LogP contribution in [0.2, 0.25) is 5.02 Å². The molecule has 3 amide bonds. The molecule has 0 aromatic heterocycles. The summed E-state index contributed by atoms with van der Waals surface area (Å²) >= 11 is 5.85. The Hall–Kier alpha value is -2.62. The van der Waals surface area contributed by atoms with Crippen LogP contribution in [0.1, 0.15) is 29.8 Å². The number of piperazine rings is 1. The van der Waals surface area contributed by atoms with Gasteiger partial charge in [-0.05, 0) is 55.8 Å². The van der Waals surface area contributed by atoms with Crippen LogP contribution in [-0.4, -0.2) is 73.7 Å². The van der Waals surface area contributed by atoms with Crippen LogP contribution in [0, 0.1) is 0 Å². The largest absolute Gasteiger partial charge is 0.339 e. The van der Waals surface area contributed by atoms with Gasteiger partial charge in [0.2, 0.25) is 10.0 Å². The van der Waals surface area contributed by atoms with Crippen molar-refractivity contribution in [2.45, 2.75) is 25.3 Å². The zero-order chi connectivity index (χ0) is 24.0. The maximum atomic E-state index is 12.8. The molecule has 0 bridgehead atoms. The smallest absolute Gasteiger partial charge is 0.317 e. The Balaban J connectivity index is 1.50. The second-order valence-corrected chi connectivity index (χ2v) is 10.1. The Bertz CT molecular complexity index is 1060. The monoisotopic (exact) mass is 492 g/mol. The standard InChI is InChI=1S/C23H29ClN4O4S/c1-3-26(4-2)22(29)19-7-5-18(6-8-19)17-25-23(30)27-13-15-28(16-14-27)33(31,32)21-11-9-20(24)10-12-21/h5-12H,3-4,13-17H2,1-2H3,(H,25,30). The lowest BCUT2D eigenvalue weighted by Crippen LogP contribution is -2.52. The molecule has 3 rings (SSSR count). The van der Waals surface area contributed by atoms with Gasteiger partial charge in [0, 0.05) is 56.4 Å². The first-order chi connectivity index (χ1) is 15.8. The number of amides is 3. The number of nitrogens with zero attached hydrogens (tertiary/aromatic N) is 3. The van der Waals surface area contributed by atoms with E-state index < -0.39 is 10.0 Å². The van der Waals surface area contributed by atoms with Gasteiger partial charge in [-0.25, -0.2) is 13.2 Å². The summed E-state index contributed by atoms with van der Waals surface area (Å²) < 4.78 is 26.9. The van der Waals surface area contributed by atoms with Crippen LogP contribution in [0.3, 0.4) is 0 Å². The van der Waals surface area contributed by atoms with Crippen molar-refractivity contribution < 1.29 is 18.0 Å². The van der Waals surface area contributed by atoms with E-state index in [1.165, 1.54) is 16.4 Å². The SMILES string of the molecule is CCN(CC)C(=O)c1ccc(CNC(=O)N2CCN(S(=O)(=O)c3ccc(Cl)cc3)CC2)cc1. The highest BCUT2D eigenvalue weighted by Crippen LogP contribution is 2.20. The van der Waals surface area contributed by atoms with Gasteiger partial charge in [-0.2, -0.15) is 4.31 Å². The van der Waals surface area contributed by atoms with Crippen LogP contribution in [-0.2, 0) is 16.6 Å². The van der Waals surface area contributed by atoms with Crippen molar-refractivity contribution in [3.8, 4) is 0 Å². The predicted octanol–water partition coefficient (Wildman–Crippen LogP) is 3.04. The molecule has 8 nitrogen and oxygen atoms in total. The molecule has 1 heterocycles. The molecule has 33 heavy (non-hydrogen) atoms. The highest BCUT2D eigenvalue weighted by molar-refractivity contribution is 7.89. The summed E-state index contributed by atoms with van der Waals surface area (Å²) in [7, 11) is -3.62. The molecule has 2 aromatic rings. The Kier molecular flexibility index (Phi) is 8.34. The van der Waals surface area contributed by atoms with Gasteiger partial charge >= 0.3 is 6.03 Å². The molecule has 0 radical (unpaired) electrons. The first kappa shape index (κ1) is 25.0. The summed E-state index contributed by atoms with van der Waals surface area (Å²) in [4.78, 5) is 28.5. The third kappa shape index (κ3) is 6.04. The summed E-state index contributed by atoms with van der Waals surface area (Å²) in [5.41, 5.74) is 1.50. The number of nitrogens with one attached hydrogen (secondary N) is 1. The average molecular weight is 493 g/mol. The number of carbonyl (C=O) groups excluding carboxylic acids is 2. The molecule has 0 saturated carbocycles. The maximum Gasteiger partial charge on any atom is 0.317 e. The van der Waals surface area contributed by atoms with Crippen molar-refractivity contribution in [1.82, 2.24) is 19.4 Å². The van der Waals surface area contributed by atoms with Gasteiger partial charge in [-0.1, -0.05) is 23.7 Å². The number of hydrogen-bond donors (Lipinski definition) is 1. The zero-order valence-corrected chi connectivity index (χ0v) is 20.4. The van der Waals surface area contributed by atoms with E-state index in [-0.39, 0.29) is 29.9 Å². The number of sulfonamides is 1. The van der Waals surface area contributed by atoms with Crippen LogP contribution < -0.4 is 5.32 Å². The maximum absolute atomic E-state index is 12.8. The minimum atomic E-state index is -3.62. The van der Waals surface area contributed by atoms with Crippen LogP contribution >= 0.6 is 11.6 Å². The molecule has 0 unspecified atom stereocenters. The third-order valence-electron chi connectivity index (χ3n) is 5.67. The van der Waals surface area contributed by atoms with Crippen molar-refractivity contribution in [2.75, 3.05) is 39.3 Å². The van der Waals surface area contributed by atoms with E-state index in [1.807, 2.05) is 26.0 Å². The second-order valence-electron chi connectivity index (χ2n) is 7.68. The predicted molar refractivity (Wildman–Crippen MR) is 128 cm³/mol. The van der Waals surface area contributed by atoms with E-state index in [9.17, 15) is 18.0 Å². The molecule has 1 N–H and O–H groups in total. The lowest BCUT2D eigenvalue weighted by molar-refractivity contribution is 0.0773. The van der Waals surface area contributed by atoms with Gasteiger partial charge in [-0.3, -0.25) is 4.79 Å². The minimum absolute atomic E-state index is 0.0120. The van der Waals surface area contributed by atoms with E-state index in [1.54, 1.807) is 34.1 Å². The number of halogens is 1. The topological polar surface area (TPSA) is 90.0 Å². The fourth-order valence-electron chi connectivity index (χ4n) is 3.64. The fourth-order valence-corrected chi connectivity index (χ4v) is 5.18. The molecule has 1 aliphatic rings. The van der Waals surface area contributed by atoms with Crippen LogP contribution in [0.5, 0.6) is 0 Å². The Morgan fingerprint density at radius 2 is 1.52 bits per heavy atom. The number of carbonyl (C=O) groups is 2. The zero-order valence-electron chi connectivity index (χ0n) is 18.8. The van der Waals surface area contributed by atoms with Crippen LogP contribution in [0.15, 0.2) is 53.4 Å². The van der Waals surface area contributed by atoms with Crippen molar-refractivity contribution >= 4 is 33.6 Å². The first-order valence-electron chi connectivity index (χ1n) is 10.9. The number of hydrogen-bond acceptors (Lipinski definition) is 4. The van der Waals surface area contributed by atoms with E-state index in [2.05, 4.69) is 5.32 Å². The molecule has 0 spiro atoms. The van der Waals surface area contributed by atoms with Crippen LogP contribution in [0.25, 0.3) is 0 Å². The highest BCUT2D eigenvalue weighted by atomic mass is 35.5. The van der Waals surface area contributed by atoms with Gasteiger partial charge in [-0.15, -0.1) is 0 Å². The van der Waals surface area contributed by atoms with E-state index >= 15 is 0 Å². The molecule has 0 atom stereocenters. The van der Waals surface area contributed by atoms with E-state index in [4.69, 9.17) is 11.6 Å². The average Bonchev–Trinajstić information content (AvgIpc) is 2.84. The summed E-state index contributed by atoms with van der Waals surface area (Å²) in [5, 5.41) is 3.34. The van der Waals surface area contributed by atoms with Gasteiger partial charge in [0.05, 0.1) is 4.90 Å². The van der Waals surface area contributed by atoms with Crippen LogP contribution in [0.4, 0.5) is 4.79 Å². The van der Waals surface area contributed by atoms with Crippen molar-refractivity contribution in [1.29, 1.82) is 0 Å². The Morgan fingerprint density at radius 1 is 0.939 bits per heavy atom. The van der Waals surface area contributed by atoms with Gasteiger partial charge in [0.15, 0.2) is 0 Å². The van der Waals surface area contributed by atoms with Crippen molar-refractivity contribution in [3.05, 3.63) is 64.7 Å². The Labute approximate surface area is 200 Å². The fraction of sp³-hybridized carbons (Fsp3) is 0.391. The molecule has 1 aliphatic heterocycles. The summed E-state index contributed by atoms with van der Waals surface area (Å²) in [6.07, 6.45) is 0. The normalized spacial score (nSPS) is 14.7. The molecule has 0 aliphatic carbocycles. The summed E-state index contributed by atoms with van der Waals surface area (Å²) in [5.74, 6) is -0.0120. The van der Waals surface area contributed by atoms with Crippen molar-refractivity contribution in [2.24, 2.45) is 0 Å². The molecule has 2 aromatic carbocycles. The van der Waals surface area contributed by atoms with E-state index in [0.717, 1.165) is 5.56 Å². The Morgan fingerprint density at radius 3 is 2.06 bits per heavy atom. The third-order valence-corrected chi connectivity index (χ3v) is 7.84. The number of rotatable bonds is 7. The summed E-state index contributed by atoms with van der Waals surface area (Å²) in [6, 6.07) is 13.0. The molecule has 1 fully saturated rings. The molecular formula is C23H29ClN4O4S. The lowest BCUT2D eigenvalue weighted by Gasteiger charge is -2.34. The number of benzene rings is 2. The molecule has 1 saturated heterocycles. The van der Waals surface area contributed by atoms with Gasteiger partial charge in [0.25, 0.3) is 5.91 Å². The van der Waals surface area contributed by atoms with E-state index in [0.29, 0.717) is 43.3 Å². The quantitative estimate of drug-likeness (QED) is 0.643. The second kappa shape index (κ2) is 11.0. The molecule has 178 valence electrons. The number of urea groups is 1. The lowest BCUT2D eigenvalue weighted by atomic mass is 10.1. The summed E-state index contributed by atoms with van der Waals surface area (Å²) in [6.45, 7) is 6.56. The minimum Gasteiger partial charge on any atom is -0.339 e. The first-order valence-corrected chi connectivity index (χ1v) is 12.7. The molecular weight excluding hydrogens is 464 g/mol. The van der Waals surface area contributed by atoms with Crippen molar-refractivity contribution in [3.63, 3.8) is 0 Å². The molecule has 10 heteroatoms. The van der Waals surface area contributed by atoms with Gasteiger partial charge < -0.3 is 15.1 Å². The highest BCUT2D eigenvalue weighted by Gasteiger charge is 2.30.